The number of hydrogen-bond acceptors (Lipinski definition) is 4. The van der Waals surface area contributed by atoms with E-state index in [1.807, 2.05) is 6.07 Å². The zero-order valence-corrected chi connectivity index (χ0v) is 33.5. The van der Waals surface area contributed by atoms with E-state index < -0.39 is 8.07 Å². The van der Waals surface area contributed by atoms with Gasteiger partial charge in [-0.15, -0.1) is 0 Å². The average molecular weight is 783 g/mol. The Morgan fingerprint density at radius 3 is 1.72 bits per heavy atom. The van der Waals surface area contributed by atoms with Crippen LogP contribution in [-0.2, 0) is 0 Å². The molecular weight excluding hydrogens is 748 g/mol. The van der Waals surface area contributed by atoms with Crippen LogP contribution in [0.4, 0.5) is 34.1 Å². The highest BCUT2D eigenvalue weighted by atomic mass is 28.3. The predicted molar refractivity (Wildman–Crippen MR) is 251 cm³/mol. The molecule has 60 heavy (non-hydrogen) atoms. The van der Waals surface area contributed by atoms with Gasteiger partial charge in [0.2, 0.25) is 0 Å². The van der Waals surface area contributed by atoms with Crippen molar-refractivity contribution in [3.63, 3.8) is 0 Å². The lowest BCUT2D eigenvalue weighted by Crippen LogP contribution is -2.87. The summed E-state index contributed by atoms with van der Waals surface area (Å²) in [6.45, 7) is -0.0312. The summed E-state index contributed by atoms with van der Waals surface area (Å²) in [5, 5.41) is 7.75. The fourth-order valence-corrected chi connectivity index (χ4v) is 15.9. The first-order chi connectivity index (χ1) is 29.8. The smallest absolute Gasteiger partial charge is 0.256 e. The maximum Gasteiger partial charge on any atom is 0.256 e. The molecule has 0 saturated heterocycles. The molecule has 0 spiro atoms. The van der Waals surface area contributed by atoms with E-state index in [1.54, 1.807) is 0 Å². The van der Waals surface area contributed by atoms with Crippen LogP contribution in [0.15, 0.2) is 217 Å². The van der Waals surface area contributed by atoms with Crippen molar-refractivity contribution >= 4 is 108 Å². The summed E-state index contributed by atoms with van der Waals surface area (Å²) in [5.41, 5.74) is 12.1. The summed E-state index contributed by atoms with van der Waals surface area (Å²) in [6, 6.07) is 77.3. The van der Waals surface area contributed by atoms with Gasteiger partial charge in [-0.1, -0.05) is 140 Å². The first-order valence-electron chi connectivity index (χ1n) is 20.6. The van der Waals surface area contributed by atoms with Crippen LogP contribution < -0.4 is 51.7 Å². The summed E-state index contributed by atoms with van der Waals surface area (Å²) in [4.78, 5) is 4.82. The van der Waals surface area contributed by atoms with Crippen LogP contribution in [0, 0.1) is 0 Å². The Bertz CT molecular complexity index is 3240. The van der Waals surface area contributed by atoms with E-state index in [9.17, 15) is 0 Å². The third-order valence-corrected chi connectivity index (χ3v) is 17.8. The van der Waals surface area contributed by atoms with E-state index in [0.717, 1.165) is 61.9 Å². The van der Waals surface area contributed by atoms with Gasteiger partial charge in [0.25, 0.3) is 6.71 Å². The zero-order valence-electron chi connectivity index (χ0n) is 32.5. The number of nitrogens with zero attached hydrogens (tertiary/aromatic N) is 2. The largest absolute Gasteiger partial charge is 0.458 e. The number of rotatable bonds is 6. The standard InChI is InChI=1S/C54H35BN2O2Si/c1-5-17-36(18-6-1)56(37-19-7-2-8-20-37)39-33-45-52-49(35-39)59-47-28-16-30-51-54(47)55(52)53-44(57(45)38-31-32-43-42-25-13-14-27-46(42)58-48(43)34-38)26-15-29-50(53)60(51,40-21-9-3-10-22-40)41-23-11-4-12-24-41/h1-35H. The number of benzene rings is 9. The van der Waals surface area contributed by atoms with E-state index in [0.29, 0.717) is 0 Å². The molecule has 3 aliphatic rings. The van der Waals surface area contributed by atoms with E-state index >= 15 is 0 Å². The minimum absolute atomic E-state index is 0.0312. The van der Waals surface area contributed by atoms with E-state index in [-0.39, 0.29) is 6.71 Å². The minimum atomic E-state index is -2.90. The van der Waals surface area contributed by atoms with Gasteiger partial charge in [-0.25, -0.2) is 0 Å². The third kappa shape index (κ3) is 4.56. The molecule has 6 heteroatoms. The molecule has 4 nitrogen and oxygen atoms in total. The lowest BCUT2D eigenvalue weighted by atomic mass is 9.34. The van der Waals surface area contributed by atoms with Gasteiger partial charge in [0.15, 0.2) is 8.07 Å². The van der Waals surface area contributed by atoms with Crippen LogP contribution in [0.5, 0.6) is 11.5 Å². The number of furan rings is 1. The molecule has 0 N–H and O–H groups in total. The SMILES string of the molecule is c1ccc(N(c2ccccc2)c2cc3c4c(c2)N(c2ccc5c(c2)oc2ccccc25)c2cccc5c2B4c2c(cccc2[Si]5(c2ccccc2)c2ccccc2)O3)cc1. The van der Waals surface area contributed by atoms with Crippen LogP contribution in [0.2, 0.25) is 0 Å². The number of ether oxygens (including phenoxy) is 1. The molecule has 0 aliphatic carbocycles. The molecule has 9 aromatic carbocycles. The van der Waals surface area contributed by atoms with Crippen molar-refractivity contribution in [2.45, 2.75) is 0 Å². The second kappa shape index (κ2) is 12.7. The van der Waals surface area contributed by atoms with Crippen LogP contribution in [0.25, 0.3) is 21.9 Å². The van der Waals surface area contributed by atoms with Gasteiger partial charge in [0, 0.05) is 51.3 Å². The molecule has 280 valence electrons. The van der Waals surface area contributed by atoms with Crippen LogP contribution in [0.1, 0.15) is 0 Å². The van der Waals surface area contributed by atoms with Crippen molar-refractivity contribution in [1.29, 1.82) is 0 Å². The van der Waals surface area contributed by atoms with Crippen molar-refractivity contribution in [3.8, 4) is 11.5 Å². The van der Waals surface area contributed by atoms with Crippen molar-refractivity contribution in [3.05, 3.63) is 212 Å². The van der Waals surface area contributed by atoms with Gasteiger partial charge in [-0.3, -0.25) is 0 Å². The topological polar surface area (TPSA) is 28.9 Å². The highest BCUT2D eigenvalue weighted by molar-refractivity contribution is 7.27. The van der Waals surface area contributed by atoms with Crippen molar-refractivity contribution in [1.82, 2.24) is 0 Å². The number of fused-ring (bicyclic) bond motifs is 3. The molecule has 0 atom stereocenters. The maximum atomic E-state index is 7.32. The second-order valence-electron chi connectivity index (χ2n) is 16.0. The Kier molecular flexibility index (Phi) is 7.09. The Balaban J connectivity index is 1.15. The van der Waals surface area contributed by atoms with Crippen LogP contribution in [-0.4, -0.2) is 14.8 Å². The lowest BCUT2D eigenvalue weighted by Gasteiger charge is -2.49. The summed E-state index contributed by atoms with van der Waals surface area (Å²) in [5.74, 6) is 1.80. The second-order valence-corrected chi connectivity index (χ2v) is 19.7. The Labute approximate surface area is 349 Å². The van der Waals surface area contributed by atoms with Gasteiger partial charge >= 0.3 is 0 Å². The molecule has 3 aliphatic heterocycles. The van der Waals surface area contributed by atoms with Crippen molar-refractivity contribution in [2.75, 3.05) is 9.80 Å². The lowest BCUT2D eigenvalue weighted by molar-refractivity contribution is 0.488. The third-order valence-electron chi connectivity index (χ3n) is 13.0. The maximum absolute atomic E-state index is 7.32. The highest BCUT2D eigenvalue weighted by Gasteiger charge is 2.56. The normalized spacial score (nSPS) is 13.9. The zero-order chi connectivity index (χ0) is 39.4. The Hall–Kier alpha value is -7.54. The van der Waals surface area contributed by atoms with Crippen LogP contribution >= 0.6 is 0 Å². The minimum Gasteiger partial charge on any atom is -0.458 e. The summed E-state index contributed by atoms with van der Waals surface area (Å²) >= 11 is 0. The Morgan fingerprint density at radius 1 is 0.417 bits per heavy atom. The molecular formula is C54H35BN2O2Si. The molecule has 0 bridgehead atoms. The number of para-hydroxylation sites is 3. The first-order valence-corrected chi connectivity index (χ1v) is 22.6. The monoisotopic (exact) mass is 782 g/mol. The molecule has 0 radical (unpaired) electrons. The van der Waals surface area contributed by atoms with Gasteiger partial charge in [0.05, 0.1) is 5.69 Å². The van der Waals surface area contributed by atoms with Gasteiger partial charge in [0.1, 0.15) is 22.7 Å². The Morgan fingerprint density at radius 2 is 1.02 bits per heavy atom. The highest BCUT2D eigenvalue weighted by Crippen LogP contribution is 2.47. The molecule has 4 heterocycles. The predicted octanol–water partition coefficient (Wildman–Crippen LogP) is 9.15. The molecule has 13 rings (SSSR count). The summed E-state index contributed by atoms with van der Waals surface area (Å²) in [6.07, 6.45) is 0. The fraction of sp³-hybridized carbons (Fsp3) is 0. The summed E-state index contributed by atoms with van der Waals surface area (Å²) in [7, 11) is -2.90. The van der Waals surface area contributed by atoms with Gasteiger partial charge < -0.3 is 19.0 Å². The fourth-order valence-electron chi connectivity index (χ4n) is 10.6. The number of hydrogen-bond donors (Lipinski definition) is 0. The van der Waals surface area contributed by atoms with E-state index in [4.69, 9.17) is 9.15 Å². The molecule has 0 saturated carbocycles. The van der Waals surface area contributed by atoms with E-state index in [1.165, 1.54) is 42.8 Å². The number of anilines is 6. The molecule has 0 fully saturated rings. The van der Waals surface area contributed by atoms with Crippen molar-refractivity contribution < 1.29 is 9.15 Å². The average Bonchev–Trinajstić information content (AvgIpc) is 3.69. The van der Waals surface area contributed by atoms with E-state index in [2.05, 4.69) is 216 Å². The molecule has 10 aromatic rings. The molecule has 0 amide bonds. The quantitative estimate of drug-likeness (QED) is 0.158. The summed E-state index contributed by atoms with van der Waals surface area (Å²) < 4.78 is 13.9. The van der Waals surface area contributed by atoms with Crippen LogP contribution in [0.3, 0.4) is 0 Å². The van der Waals surface area contributed by atoms with Gasteiger partial charge in [-0.2, -0.15) is 0 Å². The van der Waals surface area contributed by atoms with Crippen molar-refractivity contribution in [2.24, 2.45) is 0 Å². The molecule has 1 aromatic heterocycles. The molecule has 0 unspecified atom stereocenters. The van der Waals surface area contributed by atoms with Gasteiger partial charge in [-0.05, 0) is 97.8 Å². The first kappa shape index (κ1) is 33.4.